The number of furan rings is 1. The number of aromatic nitrogens is 4. The van der Waals surface area contributed by atoms with Crippen LogP contribution in [0.4, 0.5) is 5.82 Å². The van der Waals surface area contributed by atoms with E-state index in [1.165, 1.54) is 0 Å². The van der Waals surface area contributed by atoms with Crippen molar-refractivity contribution in [1.29, 1.82) is 5.26 Å². The zero-order chi connectivity index (χ0) is 21.1. The smallest absolute Gasteiger partial charge is 0.277 e. The number of carbonyl (C=O) groups is 1. The number of amides is 1. The van der Waals surface area contributed by atoms with Gasteiger partial charge in [0.2, 0.25) is 0 Å². The molecule has 4 aromatic rings. The lowest BCUT2D eigenvalue weighted by molar-refractivity contribution is 0.102. The maximum atomic E-state index is 12.9. The van der Waals surface area contributed by atoms with Gasteiger partial charge in [0.25, 0.3) is 5.91 Å². The molecule has 0 atom stereocenters. The Morgan fingerprint density at radius 2 is 2.03 bits per heavy atom. The number of carbonyl (C=O) groups excluding carboxylic acids is 1. The summed E-state index contributed by atoms with van der Waals surface area (Å²) in [5, 5.41) is 21.0. The van der Waals surface area contributed by atoms with Gasteiger partial charge >= 0.3 is 0 Å². The van der Waals surface area contributed by atoms with Crippen LogP contribution in [0.2, 0.25) is 5.02 Å². The van der Waals surface area contributed by atoms with Gasteiger partial charge in [-0.05, 0) is 43.3 Å². The highest BCUT2D eigenvalue weighted by Gasteiger charge is 2.19. The summed E-state index contributed by atoms with van der Waals surface area (Å²) in [5.74, 6) is 0.688. The van der Waals surface area contributed by atoms with Crippen LogP contribution < -0.4 is 5.32 Å². The van der Waals surface area contributed by atoms with E-state index in [9.17, 15) is 4.79 Å². The minimum absolute atomic E-state index is 0.210. The van der Waals surface area contributed by atoms with E-state index in [1.807, 2.05) is 19.1 Å². The van der Waals surface area contributed by atoms with E-state index < -0.39 is 5.91 Å². The summed E-state index contributed by atoms with van der Waals surface area (Å²) in [4.78, 5) is 12.9. The number of nitrogens with zero attached hydrogens (tertiary/aromatic N) is 5. The molecule has 1 N–H and O–H groups in total. The van der Waals surface area contributed by atoms with Crippen molar-refractivity contribution in [2.24, 2.45) is 0 Å². The zero-order valence-corrected chi connectivity index (χ0v) is 16.8. The number of rotatable bonds is 6. The molecule has 0 saturated carbocycles. The molecule has 30 heavy (non-hydrogen) atoms. The third-order valence-electron chi connectivity index (χ3n) is 4.37. The van der Waals surface area contributed by atoms with Crippen LogP contribution in [0, 0.1) is 18.3 Å². The molecule has 1 aromatic carbocycles. The third-order valence-corrected chi connectivity index (χ3v) is 4.62. The molecule has 0 bridgehead atoms. The van der Waals surface area contributed by atoms with E-state index >= 15 is 0 Å². The third kappa shape index (κ3) is 3.97. The van der Waals surface area contributed by atoms with Crippen LogP contribution in [0.15, 0.2) is 59.2 Å². The number of hydrogen-bond acceptors (Lipinski definition) is 5. The molecule has 0 aliphatic heterocycles. The number of nitriles is 1. The van der Waals surface area contributed by atoms with E-state index in [4.69, 9.17) is 21.3 Å². The van der Waals surface area contributed by atoms with E-state index in [0.717, 1.165) is 11.4 Å². The maximum Gasteiger partial charge on any atom is 0.277 e. The molecule has 4 rings (SSSR count). The molecule has 150 valence electrons. The average molecular weight is 421 g/mol. The summed E-state index contributed by atoms with van der Waals surface area (Å²) in [5.41, 5.74) is 2.31. The highest BCUT2D eigenvalue weighted by molar-refractivity contribution is 6.30. The Balaban J connectivity index is 1.68. The van der Waals surface area contributed by atoms with Crippen molar-refractivity contribution in [2.75, 3.05) is 5.32 Å². The number of anilines is 1. The van der Waals surface area contributed by atoms with Crippen molar-refractivity contribution in [3.63, 3.8) is 0 Å². The van der Waals surface area contributed by atoms with E-state index in [0.29, 0.717) is 28.8 Å². The van der Waals surface area contributed by atoms with Crippen LogP contribution in [0.5, 0.6) is 0 Å². The fourth-order valence-electron chi connectivity index (χ4n) is 3.02. The molecule has 0 aliphatic rings. The second kappa shape index (κ2) is 8.27. The summed E-state index contributed by atoms with van der Waals surface area (Å²) in [6.45, 7) is 2.21. The number of hydrogen-bond donors (Lipinski definition) is 1. The van der Waals surface area contributed by atoms with Gasteiger partial charge in [0.1, 0.15) is 11.5 Å². The summed E-state index contributed by atoms with van der Waals surface area (Å²) in [6.07, 6.45) is 1.85. The molecule has 9 heteroatoms. The average Bonchev–Trinajstić information content (AvgIpc) is 3.46. The molecule has 3 aromatic heterocycles. The highest BCUT2D eigenvalue weighted by atomic mass is 35.5. The van der Waals surface area contributed by atoms with E-state index in [-0.39, 0.29) is 12.1 Å². The molecule has 0 fully saturated rings. The predicted octanol–water partition coefficient (Wildman–Crippen LogP) is 4.46. The Labute approximate surface area is 177 Å². The topological polar surface area (TPSA) is 102 Å². The van der Waals surface area contributed by atoms with Gasteiger partial charge in [-0.25, -0.2) is 9.36 Å². The van der Waals surface area contributed by atoms with Gasteiger partial charge < -0.3 is 9.73 Å². The first-order chi connectivity index (χ1) is 14.5. The Morgan fingerprint density at radius 1 is 1.23 bits per heavy atom. The molecule has 0 spiro atoms. The van der Waals surface area contributed by atoms with Gasteiger partial charge in [0.15, 0.2) is 11.5 Å². The Bertz CT molecular complexity index is 1220. The fourth-order valence-corrected chi connectivity index (χ4v) is 3.15. The lowest BCUT2D eigenvalue weighted by atomic mass is 10.2. The summed E-state index contributed by atoms with van der Waals surface area (Å²) < 4.78 is 8.74. The number of aryl methyl sites for hydroxylation is 2. The van der Waals surface area contributed by atoms with Crippen LogP contribution in [-0.2, 0) is 6.54 Å². The van der Waals surface area contributed by atoms with Gasteiger partial charge in [-0.2, -0.15) is 15.5 Å². The van der Waals surface area contributed by atoms with Crippen LogP contribution >= 0.6 is 11.6 Å². The van der Waals surface area contributed by atoms with Crippen molar-refractivity contribution < 1.29 is 9.21 Å². The van der Waals surface area contributed by atoms with Crippen LogP contribution in [-0.4, -0.2) is 25.5 Å². The van der Waals surface area contributed by atoms with Crippen molar-refractivity contribution in [3.05, 3.63) is 71.2 Å². The first kappa shape index (κ1) is 19.5. The zero-order valence-electron chi connectivity index (χ0n) is 16.0. The second-order valence-electron chi connectivity index (χ2n) is 6.54. The molecular weight excluding hydrogens is 404 g/mol. The largest absolute Gasteiger partial charge is 0.463 e. The quantitative estimate of drug-likeness (QED) is 0.496. The van der Waals surface area contributed by atoms with Crippen molar-refractivity contribution in [3.8, 4) is 23.2 Å². The minimum atomic E-state index is -0.395. The first-order valence-electron chi connectivity index (χ1n) is 9.18. The minimum Gasteiger partial charge on any atom is -0.463 e. The van der Waals surface area contributed by atoms with Gasteiger partial charge in [-0.3, -0.25) is 4.79 Å². The summed E-state index contributed by atoms with van der Waals surface area (Å²) in [7, 11) is 0. The normalized spacial score (nSPS) is 10.7. The number of halogens is 1. The van der Waals surface area contributed by atoms with Gasteiger partial charge in [-0.1, -0.05) is 11.6 Å². The molecule has 0 saturated heterocycles. The predicted molar refractivity (Wildman–Crippen MR) is 111 cm³/mol. The molecule has 8 nitrogen and oxygen atoms in total. The summed E-state index contributed by atoms with van der Waals surface area (Å²) in [6, 6.07) is 16.2. The highest BCUT2D eigenvalue weighted by Crippen LogP contribution is 2.26. The summed E-state index contributed by atoms with van der Waals surface area (Å²) >= 11 is 6.00. The molecule has 0 unspecified atom stereocenters. The SMILES string of the molecule is Cc1cc(NC(=O)c2cc(-c3ccco3)n(-c3ccc(Cl)cc3)n2)n(CCC#N)n1. The molecular formula is C21H17ClN6O2. The van der Waals surface area contributed by atoms with Crippen molar-refractivity contribution in [1.82, 2.24) is 19.6 Å². The van der Waals surface area contributed by atoms with E-state index in [1.54, 1.807) is 52.0 Å². The fraction of sp³-hybridized carbons (Fsp3) is 0.143. The van der Waals surface area contributed by atoms with Crippen LogP contribution in [0.3, 0.4) is 0 Å². The van der Waals surface area contributed by atoms with Gasteiger partial charge in [-0.15, -0.1) is 0 Å². The van der Waals surface area contributed by atoms with Crippen molar-refractivity contribution in [2.45, 2.75) is 19.9 Å². The molecule has 0 radical (unpaired) electrons. The maximum absolute atomic E-state index is 12.9. The number of benzene rings is 1. The van der Waals surface area contributed by atoms with Gasteiger partial charge in [0, 0.05) is 17.2 Å². The van der Waals surface area contributed by atoms with Gasteiger partial charge in [0.05, 0.1) is 36.7 Å². The second-order valence-corrected chi connectivity index (χ2v) is 6.97. The lowest BCUT2D eigenvalue weighted by Crippen LogP contribution is -2.16. The van der Waals surface area contributed by atoms with Crippen LogP contribution in [0.1, 0.15) is 22.6 Å². The monoisotopic (exact) mass is 420 g/mol. The molecule has 1 amide bonds. The molecule has 3 heterocycles. The standard InChI is InChI=1S/C21H17ClN6O2/c1-14-12-20(27(25-14)10-3-9-23)24-21(29)17-13-18(19-4-2-11-30-19)28(26-17)16-7-5-15(22)6-8-16/h2,4-8,11-13H,3,10H2,1H3,(H,24,29). The van der Waals surface area contributed by atoms with Crippen LogP contribution in [0.25, 0.3) is 17.1 Å². The molecule has 0 aliphatic carbocycles. The van der Waals surface area contributed by atoms with E-state index in [2.05, 4.69) is 21.6 Å². The Morgan fingerprint density at radius 3 is 2.73 bits per heavy atom. The number of nitrogens with one attached hydrogen (secondary N) is 1. The first-order valence-corrected chi connectivity index (χ1v) is 9.55. The lowest BCUT2D eigenvalue weighted by Gasteiger charge is -2.06. The Kier molecular flexibility index (Phi) is 5.37. The van der Waals surface area contributed by atoms with Crippen molar-refractivity contribution >= 4 is 23.3 Å². The Hall–Kier alpha value is -3.83.